The summed E-state index contributed by atoms with van der Waals surface area (Å²) in [6.07, 6.45) is 7.57. The second-order valence-corrected chi connectivity index (χ2v) is 4.96. The van der Waals surface area contributed by atoms with Gasteiger partial charge in [-0.15, -0.1) is 0 Å². The first-order valence-electron chi connectivity index (χ1n) is 6.31. The van der Waals surface area contributed by atoms with Crippen molar-refractivity contribution in [1.29, 1.82) is 0 Å². The van der Waals surface area contributed by atoms with Crippen molar-refractivity contribution in [2.75, 3.05) is 11.9 Å². The molecule has 0 amide bonds. The molecule has 0 aliphatic heterocycles. The van der Waals surface area contributed by atoms with Crippen LogP contribution in [0.3, 0.4) is 0 Å². The topological polar surface area (TPSA) is 42.7 Å². The zero-order chi connectivity index (χ0) is 13.0. The van der Waals surface area contributed by atoms with E-state index in [0.717, 1.165) is 19.0 Å². The molecule has 0 spiro atoms. The largest absolute Gasteiger partial charge is 0.355 e. The van der Waals surface area contributed by atoms with Crippen LogP contribution in [0.4, 0.5) is 5.95 Å². The van der Waals surface area contributed by atoms with Gasteiger partial charge >= 0.3 is 0 Å². The predicted octanol–water partition coefficient (Wildman–Crippen LogP) is 2.70. The summed E-state index contributed by atoms with van der Waals surface area (Å²) in [6.45, 7) is 8.22. The predicted molar refractivity (Wildman–Crippen MR) is 73.6 cm³/mol. The number of rotatable bonds is 5. The Morgan fingerprint density at radius 3 is 2.89 bits per heavy atom. The molecule has 0 atom stereocenters. The van der Waals surface area contributed by atoms with Crippen LogP contribution < -0.4 is 5.32 Å². The summed E-state index contributed by atoms with van der Waals surface area (Å²) in [7, 11) is 0. The van der Waals surface area contributed by atoms with Gasteiger partial charge < -0.3 is 9.88 Å². The number of aromatic nitrogens is 3. The molecule has 2 heterocycles. The van der Waals surface area contributed by atoms with Crippen LogP contribution in [0.2, 0.25) is 0 Å². The van der Waals surface area contributed by atoms with Crippen molar-refractivity contribution in [3.63, 3.8) is 0 Å². The maximum atomic E-state index is 4.35. The number of anilines is 1. The van der Waals surface area contributed by atoms with Crippen LogP contribution in [-0.2, 0) is 6.54 Å². The number of aryl methyl sites for hydroxylation is 1. The van der Waals surface area contributed by atoms with E-state index in [4.69, 9.17) is 0 Å². The van der Waals surface area contributed by atoms with Crippen LogP contribution in [-0.4, -0.2) is 21.1 Å². The van der Waals surface area contributed by atoms with Crippen molar-refractivity contribution < 1.29 is 0 Å². The summed E-state index contributed by atoms with van der Waals surface area (Å²) < 4.78 is 2.12. The second-order valence-electron chi connectivity index (χ2n) is 4.96. The Hall–Kier alpha value is -1.84. The van der Waals surface area contributed by atoms with Gasteiger partial charge in [-0.05, 0) is 30.0 Å². The molecule has 0 aromatic carbocycles. The average Bonchev–Trinajstić information content (AvgIpc) is 2.77. The minimum Gasteiger partial charge on any atom is -0.355 e. The van der Waals surface area contributed by atoms with Gasteiger partial charge in [0.1, 0.15) is 0 Å². The molecular formula is C14H20N4. The molecule has 0 aliphatic carbocycles. The van der Waals surface area contributed by atoms with Crippen molar-refractivity contribution in [3.8, 4) is 0 Å². The highest BCUT2D eigenvalue weighted by molar-refractivity contribution is 5.29. The van der Waals surface area contributed by atoms with E-state index in [0.29, 0.717) is 5.92 Å². The van der Waals surface area contributed by atoms with Crippen molar-refractivity contribution in [2.24, 2.45) is 5.92 Å². The summed E-state index contributed by atoms with van der Waals surface area (Å²) in [5.74, 6) is 1.53. The molecule has 2 rings (SSSR count). The molecule has 96 valence electrons. The summed E-state index contributed by atoms with van der Waals surface area (Å²) in [5.41, 5.74) is 2.48. The third-order valence-corrected chi connectivity index (χ3v) is 2.87. The zero-order valence-corrected chi connectivity index (χ0v) is 11.2. The lowest BCUT2D eigenvalue weighted by atomic mass is 10.1. The highest BCUT2D eigenvalue weighted by atomic mass is 15.2. The summed E-state index contributed by atoms with van der Waals surface area (Å²) in [5, 5.41) is 3.36. The Kier molecular flexibility index (Phi) is 3.97. The van der Waals surface area contributed by atoms with Gasteiger partial charge in [0.15, 0.2) is 0 Å². The third-order valence-electron chi connectivity index (χ3n) is 2.87. The highest BCUT2D eigenvalue weighted by Gasteiger charge is 2.05. The van der Waals surface area contributed by atoms with Gasteiger partial charge in [0.05, 0.1) is 6.54 Å². The Morgan fingerprint density at radius 2 is 2.17 bits per heavy atom. The van der Waals surface area contributed by atoms with E-state index in [9.17, 15) is 0 Å². The minimum absolute atomic E-state index is 0.607. The minimum atomic E-state index is 0.607. The SMILES string of the molecule is Cc1ccncc1Cn1ccnc1NCC(C)C. The third kappa shape index (κ3) is 3.09. The van der Waals surface area contributed by atoms with E-state index in [-0.39, 0.29) is 0 Å². The fraction of sp³-hybridized carbons (Fsp3) is 0.429. The van der Waals surface area contributed by atoms with Gasteiger partial charge in [0.2, 0.25) is 5.95 Å². The number of hydrogen-bond donors (Lipinski definition) is 1. The number of pyridine rings is 1. The summed E-state index contributed by atoms with van der Waals surface area (Å²) in [4.78, 5) is 8.52. The van der Waals surface area contributed by atoms with Gasteiger partial charge in [-0.2, -0.15) is 0 Å². The fourth-order valence-electron chi connectivity index (χ4n) is 1.75. The standard InChI is InChI=1S/C14H20N4/c1-11(2)8-17-14-16-6-7-18(14)10-13-9-15-5-4-12(13)3/h4-7,9,11H,8,10H2,1-3H3,(H,16,17). The van der Waals surface area contributed by atoms with Crippen molar-refractivity contribution in [3.05, 3.63) is 42.0 Å². The number of nitrogens with one attached hydrogen (secondary N) is 1. The normalized spacial score (nSPS) is 10.9. The molecule has 0 saturated heterocycles. The van der Waals surface area contributed by atoms with E-state index in [1.54, 1.807) is 0 Å². The smallest absolute Gasteiger partial charge is 0.203 e. The lowest BCUT2D eigenvalue weighted by molar-refractivity contribution is 0.676. The van der Waals surface area contributed by atoms with Gasteiger partial charge in [0.25, 0.3) is 0 Å². The Balaban J connectivity index is 2.10. The van der Waals surface area contributed by atoms with Crippen LogP contribution >= 0.6 is 0 Å². The Bertz CT molecular complexity index is 502. The molecule has 4 nitrogen and oxygen atoms in total. The van der Waals surface area contributed by atoms with Crippen LogP contribution in [0.15, 0.2) is 30.9 Å². The van der Waals surface area contributed by atoms with Crippen LogP contribution in [0.25, 0.3) is 0 Å². The number of nitrogens with zero attached hydrogens (tertiary/aromatic N) is 3. The zero-order valence-electron chi connectivity index (χ0n) is 11.2. The van der Waals surface area contributed by atoms with Crippen LogP contribution in [0, 0.1) is 12.8 Å². The first kappa shape index (κ1) is 12.6. The fourth-order valence-corrected chi connectivity index (χ4v) is 1.75. The molecule has 1 N–H and O–H groups in total. The van der Waals surface area contributed by atoms with E-state index in [2.05, 4.69) is 40.6 Å². The van der Waals surface area contributed by atoms with Gasteiger partial charge in [-0.3, -0.25) is 4.98 Å². The van der Waals surface area contributed by atoms with Crippen molar-refractivity contribution in [2.45, 2.75) is 27.3 Å². The first-order valence-corrected chi connectivity index (χ1v) is 6.31. The first-order chi connectivity index (χ1) is 8.66. The maximum absolute atomic E-state index is 4.35. The molecule has 0 unspecified atom stereocenters. The molecule has 0 radical (unpaired) electrons. The monoisotopic (exact) mass is 244 g/mol. The Labute approximate surface area is 108 Å². The van der Waals surface area contributed by atoms with Crippen LogP contribution in [0.5, 0.6) is 0 Å². The van der Waals surface area contributed by atoms with E-state index in [1.807, 2.05) is 30.9 Å². The average molecular weight is 244 g/mol. The molecule has 4 heteroatoms. The molecule has 18 heavy (non-hydrogen) atoms. The number of imidazole rings is 1. The molecule has 2 aromatic heterocycles. The highest BCUT2D eigenvalue weighted by Crippen LogP contribution is 2.12. The lowest BCUT2D eigenvalue weighted by Crippen LogP contribution is -2.13. The summed E-state index contributed by atoms with van der Waals surface area (Å²) >= 11 is 0. The van der Waals surface area contributed by atoms with Gasteiger partial charge in [-0.25, -0.2) is 4.98 Å². The van der Waals surface area contributed by atoms with Gasteiger partial charge in [0, 0.05) is 31.3 Å². The summed E-state index contributed by atoms with van der Waals surface area (Å²) in [6, 6.07) is 2.04. The van der Waals surface area contributed by atoms with Crippen molar-refractivity contribution in [1.82, 2.24) is 14.5 Å². The van der Waals surface area contributed by atoms with E-state index in [1.165, 1.54) is 11.1 Å². The molecule has 2 aromatic rings. The van der Waals surface area contributed by atoms with E-state index < -0.39 is 0 Å². The lowest BCUT2D eigenvalue weighted by Gasteiger charge is -2.12. The molecule has 0 fully saturated rings. The maximum Gasteiger partial charge on any atom is 0.203 e. The quantitative estimate of drug-likeness (QED) is 0.879. The molecule has 0 bridgehead atoms. The molecule has 0 aliphatic rings. The Morgan fingerprint density at radius 1 is 1.33 bits per heavy atom. The van der Waals surface area contributed by atoms with Gasteiger partial charge in [-0.1, -0.05) is 13.8 Å². The van der Waals surface area contributed by atoms with E-state index >= 15 is 0 Å². The second kappa shape index (κ2) is 5.67. The van der Waals surface area contributed by atoms with Crippen LogP contribution in [0.1, 0.15) is 25.0 Å². The molecular weight excluding hydrogens is 224 g/mol. The number of hydrogen-bond acceptors (Lipinski definition) is 3. The van der Waals surface area contributed by atoms with Crippen molar-refractivity contribution >= 4 is 5.95 Å². The molecule has 0 saturated carbocycles.